The largest absolute Gasteiger partial charge is 0.497 e. The molecule has 1 saturated heterocycles. The van der Waals surface area contributed by atoms with Gasteiger partial charge in [-0.3, -0.25) is 4.79 Å². The zero-order valence-corrected chi connectivity index (χ0v) is 16.5. The van der Waals surface area contributed by atoms with E-state index in [1.807, 2.05) is 4.90 Å². The monoisotopic (exact) mass is 398 g/mol. The SMILES string of the molecule is COc1cc(OC)cc(C(=O)N2CCC[C@@H](n3cc(-c4noc(C)n4)nn3)C2)c1. The van der Waals surface area contributed by atoms with Crippen LogP contribution in [-0.4, -0.2) is 63.3 Å². The molecule has 10 heteroatoms. The van der Waals surface area contributed by atoms with Crippen molar-refractivity contribution in [3.05, 3.63) is 35.9 Å². The summed E-state index contributed by atoms with van der Waals surface area (Å²) in [4.78, 5) is 19.1. The molecule has 152 valence electrons. The van der Waals surface area contributed by atoms with Gasteiger partial charge in [0, 0.05) is 31.6 Å². The van der Waals surface area contributed by atoms with Gasteiger partial charge >= 0.3 is 0 Å². The number of carbonyl (C=O) groups is 1. The molecule has 1 aromatic carbocycles. The van der Waals surface area contributed by atoms with Crippen LogP contribution in [0.3, 0.4) is 0 Å². The van der Waals surface area contributed by atoms with Crippen LogP contribution in [0, 0.1) is 6.92 Å². The van der Waals surface area contributed by atoms with Gasteiger partial charge in [0.2, 0.25) is 11.7 Å². The first-order valence-electron chi connectivity index (χ1n) is 9.32. The molecular weight excluding hydrogens is 376 g/mol. The molecule has 0 bridgehead atoms. The van der Waals surface area contributed by atoms with Crippen LogP contribution in [-0.2, 0) is 0 Å². The molecule has 0 aliphatic carbocycles. The van der Waals surface area contributed by atoms with Crippen molar-refractivity contribution in [2.45, 2.75) is 25.8 Å². The van der Waals surface area contributed by atoms with Crippen molar-refractivity contribution in [3.63, 3.8) is 0 Å². The maximum absolute atomic E-state index is 13.1. The Balaban J connectivity index is 1.51. The van der Waals surface area contributed by atoms with Crippen LogP contribution in [0.4, 0.5) is 0 Å². The fraction of sp³-hybridized carbons (Fsp3) is 0.421. The number of likely N-dealkylation sites (tertiary alicyclic amines) is 1. The van der Waals surface area contributed by atoms with E-state index >= 15 is 0 Å². The van der Waals surface area contributed by atoms with E-state index in [0.29, 0.717) is 47.6 Å². The van der Waals surface area contributed by atoms with Crippen molar-refractivity contribution in [1.29, 1.82) is 0 Å². The average molecular weight is 398 g/mol. The van der Waals surface area contributed by atoms with Crippen molar-refractivity contribution < 1.29 is 18.8 Å². The number of aryl methyl sites for hydroxylation is 1. The molecule has 1 amide bonds. The van der Waals surface area contributed by atoms with E-state index in [2.05, 4.69) is 20.5 Å². The number of hydrogen-bond donors (Lipinski definition) is 0. The van der Waals surface area contributed by atoms with Crippen LogP contribution in [0.15, 0.2) is 28.9 Å². The van der Waals surface area contributed by atoms with E-state index in [-0.39, 0.29) is 11.9 Å². The van der Waals surface area contributed by atoms with Crippen molar-refractivity contribution >= 4 is 5.91 Å². The fourth-order valence-electron chi connectivity index (χ4n) is 3.43. The van der Waals surface area contributed by atoms with Gasteiger partial charge in [0.1, 0.15) is 11.5 Å². The molecule has 0 radical (unpaired) electrons. The highest BCUT2D eigenvalue weighted by Gasteiger charge is 2.27. The zero-order chi connectivity index (χ0) is 20.4. The number of rotatable bonds is 5. The Bertz CT molecular complexity index is 992. The van der Waals surface area contributed by atoms with Gasteiger partial charge in [0.05, 0.1) is 26.5 Å². The average Bonchev–Trinajstić information content (AvgIpc) is 3.42. The standard InChI is InChI=1S/C19H22N6O4/c1-12-20-18(22-29-12)17-11-25(23-21-17)14-5-4-6-24(10-14)19(26)13-7-15(27-2)9-16(8-13)28-3/h7-9,11,14H,4-6,10H2,1-3H3/t14-/m1/s1. The Morgan fingerprint density at radius 2 is 1.97 bits per heavy atom. The lowest BCUT2D eigenvalue weighted by molar-refractivity contribution is 0.0671. The topological polar surface area (TPSA) is 108 Å². The molecule has 4 rings (SSSR count). The summed E-state index contributed by atoms with van der Waals surface area (Å²) in [5.41, 5.74) is 1.08. The van der Waals surface area contributed by atoms with Crippen molar-refractivity contribution in [2.75, 3.05) is 27.3 Å². The number of aromatic nitrogens is 5. The van der Waals surface area contributed by atoms with Crippen molar-refractivity contribution in [2.24, 2.45) is 0 Å². The van der Waals surface area contributed by atoms with Crippen LogP contribution in [0.5, 0.6) is 11.5 Å². The normalized spacial score (nSPS) is 16.7. The van der Waals surface area contributed by atoms with Gasteiger partial charge in [-0.2, -0.15) is 4.98 Å². The van der Waals surface area contributed by atoms with Gasteiger partial charge in [0.15, 0.2) is 5.69 Å². The predicted molar refractivity (Wildman–Crippen MR) is 102 cm³/mol. The minimum absolute atomic E-state index is 0.0226. The second-order valence-corrected chi connectivity index (χ2v) is 6.87. The minimum Gasteiger partial charge on any atom is -0.497 e. The van der Waals surface area contributed by atoms with Gasteiger partial charge in [-0.25, -0.2) is 4.68 Å². The lowest BCUT2D eigenvalue weighted by atomic mass is 10.0. The Morgan fingerprint density at radius 3 is 2.62 bits per heavy atom. The van der Waals surface area contributed by atoms with Gasteiger partial charge < -0.3 is 18.9 Å². The highest BCUT2D eigenvalue weighted by atomic mass is 16.5. The maximum Gasteiger partial charge on any atom is 0.254 e. The molecule has 0 spiro atoms. The Labute approximate surface area is 167 Å². The minimum atomic E-state index is -0.0685. The van der Waals surface area contributed by atoms with Gasteiger partial charge in [0.25, 0.3) is 5.91 Å². The number of benzene rings is 1. The summed E-state index contributed by atoms with van der Waals surface area (Å²) in [5.74, 6) is 1.97. The molecule has 0 N–H and O–H groups in total. The molecule has 1 fully saturated rings. The summed E-state index contributed by atoms with van der Waals surface area (Å²) in [7, 11) is 3.13. The van der Waals surface area contributed by atoms with Gasteiger partial charge in [-0.05, 0) is 25.0 Å². The number of piperidine rings is 1. The third kappa shape index (κ3) is 3.91. The second-order valence-electron chi connectivity index (χ2n) is 6.87. The van der Waals surface area contributed by atoms with E-state index in [0.717, 1.165) is 12.8 Å². The highest BCUT2D eigenvalue weighted by molar-refractivity contribution is 5.95. The Morgan fingerprint density at radius 1 is 1.21 bits per heavy atom. The number of hydrogen-bond acceptors (Lipinski definition) is 8. The molecule has 1 atom stereocenters. The van der Waals surface area contributed by atoms with Crippen molar-refractivity contribution in [1.82, 2.24) is 30.0 Å². The van der Waals surface area contributed by atoms with E-state index in [1.54, 1.807) is 50.2 Å². The summed E-state index contributed by atoms with van der Waals surface area (Å²) in [6, 6.07) is 5.21. The zero-order valence-electron chi connectivity index (χ0n) is 16.5. The summed E-state index contributed by atoms with van der Waals surface area (Å²) in [6.07, 6.45) is 3.56. The van der Waals surface area contributed by atoms with Crippen LogP contribution in [0.1, 0.15) is 35.1 Å². The summed E-state index contributed by atoms with van der Waals surface area (Å²) < 4.78 is 17.3. The van der Waals surface area contributed by atoms with E-state index in [4.69, 9.17) is 14.0 Å². The third-order valence-electron chi connectivity index (χ3n) is 4.92. The predicted octanol–water partition coefficient (Wildman–Crippen LogP) is 2.13. The maximum atomic E-state index is 13.1. The molecular formula is C19H22N6O4. The lowest BCUT2D eigenvalue weighted by Gasteiger charge is -2.32. The molecule has 3 aromatic rings. The molecule has 2 aromatic heterocycles. The quantitative estimate of drug-likeness (QED) is 0.643. The molecule has 10 nitrogen and oxygen atoms in total. The lowest BCUT2D eigenvalue weighted by Crippen LogP contribution is -2.40. The van der Waals surface area contributed by atoms with Gasteiger partial charge in [-0.1, -0.05) is 10.4 Å². The number of nitrogens with zero attached hydrogens (tertiary/aromatic N) is 6. The molecule has 0 saturated carbocycles. The Hall–Kier alpha value is -3.43. The number of methoxy groups -OCH3 is 2. The molecule has 29 heavy (non-hydrogen) atoms. The van der Waals surface area contributed by atoms with Crippen LogP contribution in [0.25, 0.3) is 11.5 Å². The fourth-order valence-corrected chi connectivity index (χ4v) is 3.43. The molecule has 3 heterocycles. The summed E-state index contributed by atoms with van der Waals surface area (Å²) >= 11 is 0. The van der Waals surface area contributed by atoms with Crippen LogP contribution >= 0.6 is 0 Å². The smallest absolute Gasteiger partial charge is 0.254 e. The first kappa shape index (κ1) is 18.9. The van der Waals surface area contributed by atoms with Crippen LogP contribution in [0.2, 0.25) is 0 Å². The number of amides is 1. The molecule has 1 aliphatic heterocycles. The summed E-state index contributed by atoms with van der Waals surface area (Å²) in [5, 5.41) is 12.2. The second kappa shape index (κ2) is 7.90. The molecule has 1 aliphatic rings. The van der Waals surface area contributed by atoms with E-state index < -0.39 is 0 Å². The molecule has 0 unspecified atom stereocenters. The first-order chi connectivity index (χ1) is 14.1. The van der Waals surface area contributed by atoms with E-state index in [9.17, 15) is 4.79 Å². The van der Waals surface area contributed by atoms with Crippen LogP contribution < -0.4 is 9.47 Å². The highest BCUT2D eigenvalue weighted by Crippen LogP contribution is 2.27. The first-order valence-corrected chi connectivity index (χ1v) is 9.32. The third-order valence-corrected chi connectivity index (χ3v) is 4.92. The van der Waals surface area contributed by atoms with Crippen molar-refractivity contribution in [3.8, 4) is 23.0 Å². The number of carbonyl (C=O) groups excluding carboxylic acids is 1. The number of ether oxygens (including phenoxy) is 2. The van der Waals surface area contributed by atoms with E-state index in [1.165, 1.54) is 0 Å². The summed E-state index contributed by atoms with van der Waals surface area (Å²) in [6.45, 7) is 2.94. The Kier molecular flexibility index (Phi) is 5.15. The van der Waals surface area contributed by atoms with Gasteiger partial charge in [-0.15, -0.1) is 5.10 Å².